The number of hydrogen-bond acceptors (Lipinski definition) is 3. The maximum Gasteiger partial charge on any atom is 0.213 e. The number of anilines is 3. The van der Waals surface area contributed by atoms with Gasteiger partial charge in [-0.3, -0.25) is 4.90 Å². The van der Waals surface area contributed by atoms with Crippen molar-refractivity contribution in [1.29, 1.82) is 0 Å². The molecule has 6 heteroatoms. The molecule has 0 aliphatic heterocycles. The molecule has 0 spiro atoms. The van der Waals surface area contributed by atoms with Gasteiger partial charge in [0.05, 0.1) is 27.4 Å². The average Bonchev–Trinajstić information content (AvgIpc) is 3.61. The lowest BCUT2D eigenvalue weighted by atomic mass is 9.59. The summed E-state index contributed by atoms with van der Waals surface area (Å²) in [5.74, 6) is 0.704. The third-order valence-electron chi connectivity index (χ3n) is 11.1. The van der Waals surface area contributed by atoms with Crippen molar-refractivity contribution >= 4 is 88.6 Å². The molecule has 2 aromatic heterocycles. The van der Waals surface area contributed by atoms with Crippen LogP contribution in [0.3, 0.4) is 0 Å². The van der Waals surface area contributed by atoms with Crippen LogP contribution in [-0.2, 0) is 10.8 Å². The Hall–Kier alpha value is -3.80. The summed E-state index contributed by atoms with van der Waals surface area (Å²) < 4.78 is 7.19. The first-order valence-electron chi connectivity index (χ1n) is 15.0. The molecule has 44 heavy (non-hydrogen) atoms. The monoisotopic (exact) mass is 661 g/mol. The molecule has 0 atom stereocenters. The number of para-hydroxylation sites is 1. The molecule has 1 aliphatic carbocycles. The Labute approximate surface area is 270 Å². The highest BCUT2D eigenvalue weighted by Crippen LogP contribution is 2.62. The molecule has 5 aromatic carbocycles. The van der Waals surface area contributed by atoms with Crippen molar-refractivity contribution in [3.05, 3.63) is 106 Å². The van der Waals surface area contributed by atoms with Gasteiger partial charge in [0.25, 0.3) is 0 Å². The van der Waals surface area contributed by atoms with Gasteiger partial charge in [-0.05, 0) is 75.2 Å². The molecule has 0 unspecified atom stereocenters. The number of furan rings is 1. The number of H-pyrrole nitrogens is 1. The summed E-state index contributed by atoms with van der Waals surface area (Å²) in [4.78, 5) is 11.2. The SMILES string of the molecule is CC1(C)c2cc3nc(N(c4ccc5oc6ccccc6c5c4Cl)c4cccc5cccc(Br)c45)[nH]c3cc2C(C)(C)C1(C)C. The van der Waals surface area contributed by atoms with E-state index in [1.54, 1.807) is 0 Å². The number of rotatable bonds is 3. The van der Waals surface area contributed by atoms with Crippen molar-refractivity contribution in [2.24, 2.45) is 5.41 Å². The van der Waals surface area contributed by atoms with Crippen LogP contribution in [0.2, 0.25) is 5.02 Å². The molecule has 0 saturated carbocycles. The minimum atomic E-state index is -0.0179. The summed E-state index contributed by atoms with van der Waals surface area (Å²) in [6.07, 6.45) is 0. The number of aromatic nitrogens is 2. The number of nitrogens with one attached hydrogen (secondary N) is 1. The summed E-state index contributed by atoms with van der Waals surface area (Å²) in [5, 5.41) is 4.69. The van der Waals surface area contributed by atoms with Crippen LogP contribution in [0.4, 0.5) is 17.3 Å². The molecule has 4 nitrogen and oxygen atoms in total. The molecule has 0 bridgehead atoms. The van der Waals surface area contributed by atoms with Gasteiger partial charge in [-0.2, -0.15) is 0 Å². The standard InChI is InChI=1S/C38H33BrClN3O/c1-36(2)23-19-26-27(20-24(23)37(3,4)38(36,5)6)42-35(41-26)43(28-15-10-12-21-11-9-14-25(39)32(21)28)29-17-18-31-33(34(29)40)22-13-7-8-16-30(22)44-31/h7-20H,1-6H3,(H,41,42). The lowest BCUT2D eigenvalue weighted by molar-refractivity contribution is 0.125. The maximum atomic E-state index is 7.38. The van der Waals surface area contributed by atoms with Crippen LogP contribution < -0.4 is 4.90 Å². The lowest BCUT2D eigenvalue weighted by Crippen LogP contribution is -2.42. The third kappa shape index (κ3) is 3.54. The van der Waals surface area contributed by atoms with E-state index in [1.807, 2.05) is 30.3 Å². The highest BCUT2D eigenvalue weighted by molar-refractivity contribution is 9.10. The summed E-state index contributed by atoms with van der Waals surface area (Å²) in [6.45, 7) is 14.2. The fraction of sp³-hybridized carbons (Fsp3) is 0.237. The number of halogens is 2. The normalized spacial score (nSPS) is 16.7. The topological polar surface area (TPSA) is 45.1 Å². The number of imidazole rings is 1. The van der Waals surface area contributed by atoms with Gasteiger partial charge < -0.3 is 9.40 Å². The van der Waals surface area contributed by atoms with E-state index >= 15 is 0 Å². The zero-order valence-corrected chi connectivity index (χ0v) is 28.0. The van der Waals surface area contributed by atoms with E-state index in [-0.39, 0.29) is 16.2 Å². The molecule has 0 fully saturated rings. The molecule has 7 aromatic rings. The highest BCUT2D eigenvalue weighted by Gasteiger charge is 2.57. The van der Waals surface area contributed by atoms with Gasteiger partial charge in [0.2, 0.25) is 5.95 Å². The second-order valence-corrected chi connectivity index (χ2v) is 14.9. The van der Waals surface area contributed by atoms with Gasteiger partial charge in [0.1, 0.15) is 11.2 Å². The number of nitrogens with zero attached hydrogens (tertiary/aromatic N) is 2. The van der Waals surface area contributed by atoms with Crippen molar-refractivity contribution in [2.75, 3.05) is 4.90 Å². The van der Waals surface area contributed by atoms with Crippen LogP contribution in [0.5, 0.6) is 0 Å². The first-order valence-corrected chi connectivity index (χ1v) is 16.2. The molecular formula is C38H33BrClN3O. The quantitative estimate of drug-likeness (QED) is 0.205. The Morgan fingerprint density at radius 3 is 2.23 bits per heavy atom. The third-order valence-corrected chi connectivity index (χ3v) is 12.1. The van der Waals surface area contributed by atoms with Gasteiger partial charge in [-0.15, -0.1) is 0 Å². The van der Waals surface area contributed by atoms with E-state index in [2.05, 4.69) is 122 Å². The molecule has 1 aliphatic rings. The van der Waals surface area contributed by atoms with Crippen LogP contribution in [0.15, 0.2) is 93.8 Å². The Morgan fingerprint density at radius 1 is 0.750 bits per heavy atom. The second-order valence-electron chi connectivity index (χ2n) is 13.7. The highest BCUT2D eigenvalue weighted by atomic mass is 79.9. The summed E-state index contributed by atoms with van der Waals surface area (Å²) >= 11 is 11.2. The Balaban J connectivity index is 1.43. The van der Waals surface area contributed by atoms with E-state index in [0.717, 1.165) is 59.6 Å². The van der Waals surface area contributed by atoms with Gasteiger partial charge >= 0.3 is 0 Å². The van der Waals surface area contributed by atoms with Crippen molar-refractivity contribution in [1.82, 2.24) is 9.97 Å². The average molecular weight is 663 g/mol. The fourth-order valence-electron chi connectivity index (χ4n) is 7.40. The molecule has 220 valence electrons. The van der Waals surface area contributed by atoms with Gasteiger partial charge in [-0.25, -0.2) is 4.98 Å². The van der Waals surface area contributed by atoms with Crippen molar-refractivity contribution in [2.45, 2.75) is 52.4 Å². The van der Waals surface area contributed by atoms with E-state index < -0.39 is 0 Å². The molecule has 0 amide bonds. The van der Waals surface area contributed by atoms with E-state index in [4.69, 9.17) is 21.0 Å². The maximum absolute atomic E-state index is 7.38. The van der Waals surface area contributed by atoms with Crippen LogP contribution in [0, 0.1) is 5.41 Å². The summed E-state index contributed by atoms with van der Waals surface area (Å²) in [6, 6.07) is 29.3. The predicted molar refractivity (Wildman–Crippen MR) is 188 cm³/mol. The largest absolute Gasteiger partial charge is 0.456 e. The van der Waals surface area contributed by atoms with E-state index in [9.17, 15) is 0 Å². The number of fused-ring (bicyclic) bond motifs is 6. The predicted octanol–water partition coefficient (Wildman–Crippen LogP) is 12.1. The lowest BCUT2D eigenvalue weighted by Gasteiger charge is -2.44. The Morgan fingerprint density at radius 2 is 1.45 bits per heavy atom. The van der Waals surface area contributed by atoms with Gasteiger partial charge in [0, 0.05) is 20.6 Å². The molecule has 0 saturated heterocycles. The molecule has 1 N–H and O–H groups in total. The van der Waals surface area contributed by atoms with Crippen molar-refractivity contribution < 1.29 is 4.42 Å². The first-order chi connectivity index (χ1) is 20.9. The zero-order chi connectivity index (χ0) is 30.8. The van der Waals surface area contributed by atoms with Crippen LogP contribution >= 0.6 is 27.5 Å². The van der Waals surface area contributed by atoms with Crippen molar-refractivity contribution in [3.63, 3.8) is 0 Å². The Kier molecular flexibility index (Phi) is 5.75. The number of benzene rings is 5. The Bertz CT molecular complexity index is 2250. The van der Waals surface area contributed by atoms with Crippen LogP contribution in [-0.4, -0.2) is 9.97 Å². The molecular weight excluding hydrogens is 630 g/mol. The second kappa shape index (κ2) is 9.12. The zero-order valence-electron chi connectivity index (χ0n) is 25.6. The first kappa shape index (κ1) is 27.7. The van der Waals surface area contributed by atoms with Gasteiger partial charge in [-0.1, -0.05) is 112 Å². The number of hydrogen-bond donors (Lipinski definition) is 1. The minimum Gasteiger partial charge on any atom is -0.456 e. The molecule has 0 radical (unpaired) electrons. The van der Waals surface area contributed by atoms with Crippen LogP contribution in [0.1, 0.15) is 52.7 Å². The van der Waals surface area contributed by atoms with Crippen LogP contribution in [0.25, 0.3) is 43.7 Å². The summed E-state index contributed by atoms with van der Waals surface area (Å²) in [5.41, 5.74) is 8.09. The van der Waals surface area contributed by atoms with E-state index in [0.29, 0.717) is 11.0 Å². The smallest absolute Gasteiger partial charge is 0.213 e. The number of aromatic amines is 1. The minimum absolute atomic E-state index is 0.0117. The summed E-state index contributed by atoms with van der Waals surface area (Å²) in [7, 11) is 0. The molecule has 8 rings (SSSR count). The van der Waals surface area contributed by atoms with Gasteiger partial charge in [0.15, 0.2) is 0 Å². The molecule has 2 heterocycles. The van der Waals surface area contributed by atoms with Crippen molar-refractivity contribution in [3.8, 4) is 0 Å². The fourth-order valence-corrected chi connectivity index (χ4v) is 8.32. The van der Waals surface area contributed by atoms with E-state index in [1.165, 1.54) is 11.1 Å².